The number of hydrogen-bond donors (Lipinski definition) is 0. The summed E-state index contributed by atoms with van der Waals surface area (Å²) in [5.41, 5.74) is 2.00. The molecule has 4 nitrogen and oxygen atoms in total. The zero-order chi connectivity index (χ0) is 16.9. The second kappa shape index (κ2) is 7.60. The molecule has 2 aromatic rings. The summed E-state index contributed by atoms with van der Waals surface area (Å²) in [5, 5.41) is 4.24. The van der Waals surface area contributed by atoms with E-state index in [1.165, 1.54) is 6.07 Å². The van der Waals surface area contributed by atoms with Crippen molar-refractivity contribution in [1.29, 1.82) is 0 Å². The van der Waals surface area contributed by atoms with Gasteiger partial charge in [-0.3, -0.25) is 9.48 Å². The van der Waals surface area contributed by atoms with Gasteiger partial charge in [-0.25, -0.2) is 4.39 Å². The number of carbonyl (C=O) groups is 1. The molecule has 0 radical (unpaired) electrons. The van der Waals surface area contributed by atoms with Crippen molar-refractivity contribution in [3.63, 3.8) is 0 Å². The molecule has 1 aromatic carbocycles. The molecule has 1 saturated heterocycles. The molecule has 1 amide bonds. The Morgan fingerprint density at radius 3 is 2.96 bits per heavy atom. The standard InChI is InChI=1S/C19H24FN3O/c1-15-13-21-22(14-15)11-9-19(24)23-10-4-2-3-8-18(23)16-6-5-7-17(20)12-16/h5-7,12-14,18H,2-4,8-11H2,1H3. The van der Waals surface area contributed by atoms with Gasteiger partial charge in [0.05, 0.1) is 12.2 Å². The zero-order valence-electron chi connectivity index (χ0n) is 14.1. The van der Waals surface area contributed by atoms with Gasteiger partial charge in [-0.05, 0) is 43.0 Å². The molecule has 0 bridgehead atoms. The Balaban J connectivity index is 1.72. The first-order valence-electron chi connectivity index (χ1n) is 8.67. The Morgan fingerprint density at radius 2 is 2.21 bits per heavy atom. The van der Waals surface area contributed by atoms with Gasteiger partial charge in [-0.15, -0.1) is 0 Å². The van der Waals surface area contributed by atoms with E-state index in [2.05, 4.69) is 5.10 Å². The molecular formula is C19H24FN3O. The van der Waals surface area contributed by atoms with Crippen LogP contribution in [0.15, 0.2) is 36.7 Å². The van der Waals surface area contributed by atoms with Gasteiger partial charge in [-0.2, -0.15) is 5.10 Å². The van der Waals surface area contributed by atoms with Gasteiger partial charge in [0.2, 0.25) is 5.91 Å². The number of rotatable bonds is 4. The lowest BCUT2D eigenvalue weighted by Crippen LogP contribution is -2.35. The number of carbonyl (C=O) groups excluding carboxylic acids is 1. The Morgan fingerprint density at radius 1 is 1.33 bits per heavy atom. The second-order valence-electron chi connectivity index (χ2n) is 6.54. The minimum atomic E-state index is -0.240. The molecule has 1 aliphatic rings. The van der Waals surface area contributed by atoms with Crippen molar-refractivity contribution in [3.05, 3.63) is 53.6 Å². The third-order valence-corrected chi connectivity index (χ3v) is 4.62. The Kier molecular flexibility index (Phi) is 5.28. The smallest absolute Gasteiger partial charge is 0.224 e. The highest BCUT2D eigenvalue weighted by molar-refractivity contribution is 5.76. The van der Waals surface area contributed by atoms with Gasteiger partial charge in [0.1, 0.15) is 5.82 Å². The highest BCUT2D eigenvalue weighted by Gasteiger charge is 2.26. The summed E-state index contributed by atoms with van der Waals surface area (Å²) in [6.07, 6.45) is 8.27. The summed E-state index contributed by atoms with van der Waals surface area (Å²) in [6, 6.07) is 6.65. The number of amides is 1. The van der Waals surface area contributed by atoms with Crippen molar-refractivity contribution in [2.75, 3.05) is 6.54 Å². The van der Waals surface area contributed by atoms with Crippen LogP contribution in [0.5, 0.6) is 0 Å². The third kappa shape index (κ3) is 4.02. The van der Waals surface area contributed by atoms with Crippen LogP contribution in [0.2, 0.25) is 0 Å². The molecule has 3 rings (SSSR count). The van der Waals surface area contributed by atoms with E-state index >= 15 is 0 Å². The van der Waals surface area contributed by atoms with Gasteiger partial charge >= 0.3 is 0 Å². The van der Waals surface area contributed by atoms with Crippen LogP contribution in [0.25, 0.3) is 0 Å². The predicted molar refractivity (Wildman–Crippen MR) is 90.9 cm³/mol. The van der Waals surface area contributed by atoms with E-state index in [4.69, 9.17) is 0 Å². The zero-order valence-corrected chi connectivity index (χ0v) is 14.1. The van der Waals surface area contributed by atoms with Gasteiger partial charge in [0.25, 0.3) is 0 Å². The fourth-order valence-corrected chi connectivity index (χ4v) is 3.41. The average Bonchev–Trinajstić information content (AvgIpc) is 2.84. The summed E-state index contributed by atoms with van der Waals surface area (Å²) < 4.78 is 15.4. The summed E-state index contributed by atoms with van der Waals surface area (Å²) >= 11 is 0. The predicted octanol–water partition coefficient (Wildman–Crippen LogP) is 3.86. The Bertz CT molecular complexity index is 697. The quantitative estimate of drug-likeness (QED) is 0.854. The highest BCUT2D eigenvalue weighted by atomic mass is 19.1. The van der Waals surface area contributed by atoms with Crippen molar-refractivity contribution in [2.24, 2.45) is 0 Å². The van der Waals surface area contributed by atoms with Crippen LogP contribution in [0.4, 0.5) is 4.39 Å². The van der Waals surface area contributed by atoms with Gasteiger partial charge in [0, 0.05) is 25.7 Å². The van der Waals surface area contributed by atoms with Crippen LogP contribution in [-0.4, -0.2) is 27.1 Å². The lowest BCUT2D eigenvalue weighted by molar-refractivity contribution is -0.134. The average molecular weight is 329 g/mol. The molecule has 0 aliphatic carbocycles. The van der Waals surface area contributed by atoms with E-state index in [0.29, 0.717) is 13.0 Å². The van der Waals surface area contributed by atoms with E-state index in [1.807, 2.05) is 28.8 Å². The molecule has 2 heterocycles. The first kappa shape index (κ1) is 16.7. The van der Waals surface area contributed by atoms with Crippen molar-refractivity contribution in [2.45, 2.75) is 51.6 Å². The fraction of sp³-hybridized carbons (Fsp3) is 0.474. The maximum atomic E-state index is 13.6. The SMILES string of the molecule is Cc1cnn(CCC(=O)N2CCCCCC2c2cccc(F)c2)c1. The lowest BCUT2D eigenvalue weighted by Gasteiger charge is -2.30. The van der Waals surface area contributed by atoms with Crippen molar-refractivity contribution in [1.82, 2.24) is 14.7 Å². The van der Waals surface area contributed by atoms with Crippen LogP contribution < -0.4 is 0 Å². The molecule has 1 aromatic heterocycles. The normalized spacial score (nSPS) is 18.4. The van der Waals surface area contributed by atoms with E-state index in [-0.39, 0.29) is 17.8 Å². The Labute approximate surface area is 142 Å². The molecule has 1 atom stereocenters. The maximum Gasteiger partial charge on any atom is 0.224 e. The topological polar surface area (TPSA) is 38.1 Å². The number of likely N-dealkylation sites (tertiary alicyclic amines) is 1. The molecule has 128 valence electrons. The number of benzene rings is 1. The lowest BCUT2D eigenvalue weighted by atomic mass is 10.0. The van der Waals surface area contributed by atoms with Crippen molar-refractivity contribution in [3.8, 4) is 0 Å². The molecule has 5 heteroatoms. The first-order chi connectivity index (χ1) is 11.6. The van der Waals surface area contributed by atoms with Gasteiger partial charge < -0.3 is 4.90 Å². The number of hydrogen-bond acceptors (Lipinski definition) is 2. The van der Waals surface area contributed by atoms with Gasteiger partial charge in [0.15, 0.2) is 0 Å². The number of aryl methyl sites for hydroxylation is 2. The number of nitrogens with zero attached hydrogens (tertiary/aromatic N) is 3. The van der Waals surface area contributed by atoms with Crippen molar-refractivity contribution < 1.29 is 9.18 Å². The third-order valence-electron chi connectivity index (χ3n) is 4.62. The summed E-state index contributed by atoms with van der Waals surface area (Å²) in [5.74, 6) is -0.115. The highest BCUT2D eigenvalue weighted by Crippen LogP contribution is 2.31. The second-order valence-corrected chi connectivity index (χ2v) is 6.54. The van der Waals surface area contributed by atoms with Crippen LogP contribution in [-0.2, 0) is 11.3 Å². The molecular weight excluding hydrogens is 305 g/mol. The molecule has 0 N–H and O–H groups in total. The molecule has 24 heavy (non-hydrogen) atoms. The van der Waals surface area contributed by atoms with Crippen LogP contribution in [0, 0.1) is 12.7 Å². The van der Waals surface area contributed by atoms with Crippen LogP contribution in [0.3, 0.4) is 0 Å². The molecule has 0 spiro atoms. The number of aromatic nitrogens is 2. The van der Waals surface area contributed by atoms with E-state index in [9.17, 15) is 9.18 Å². The van der Waals surface area contributed by atoms with E-state index in [1.54, 1.807) is 18.3 Å². The maximum absolute atomic E-state index is 13.6. The minimum Gasteiger partial charge on any atom is -0.336 e. The fourth-order valence-electron chi connectivity index (χ4n) is 3.41. The van der Waals surface area contributed by atoms with E-state index in [0.717, 1.165) is 43.4 Å². The minimum absolute atomic E-state index is 0.0185. The molecule has 1 aliphatic heterocycles. The monoisotopic (exact) mass is 329 g/mol. The van der Waals surface area contributed by atoms with Gasteiger partial charge in [-0.1, -0.05) is 25.0 Å². The first-order valence-corrected chi connectivity index (χ1v) is 8.67. The molecule has 1 fully saturated rings. The summed E-state index contributed by atoms with van der Waals surface area (Å²) in [7, 11) is 0. The van der Waals surface area contributed by atoms with Crippen LogP contribution in [0.1, 0.15) is 49.3 Å². The van der Waals surface area contributed by atoms with Crippen LogP contribution >= 0.6 is 0 Å². The Hall–Kier alpha value is -2.17. The van der Waals surface area contributed by atoms with Crippen molar-refractivity contribution >= 4 is 5.91 Å². The summed E-state index contributed by atoms with van der Waals surface area (Å²) in [6.45, 7) is 3.32. The van der Waals surface area contributed by atoms with E-state index < -0.39 is 0 Å². The molecule has 0 saturated carbocycles. The summed E-state index contributed by atoms with van der Waals surface area (Å²) in [4.78, 5) is 14.7. The molecule has 1 unspecified atom stereocenters. The number of halogens is 1. The largest absolute Gasteiger partial charge is 0.336 e.